The number of carbonyl (C=O) groups excluding carboxylic acids is 2. The van der Waals surface area contributed by atoms with E-state index in [9.17, 15) is 14.7 Å². The van der Waals surface area contributed by atoms with Crippen molar-refractivity contribution in [3.05, 3.63) is 131 Å². The van der Waals surface area contributed by atoms with E-state index in [0.717, 1.165) is 16.7 Å². The molecule has 258 valence electrons. The second kappa shape index (κ2) is 14.3. The summed E-state index contributed by atoms with van der Waals surface area (Å²) in [6, 6.07) is 33.3. The zero-order valence-corrected chi connectivity index (χ0v) is 27.6. The van der Waals surface area contributed by atoms with Gasteiger partial charge in [-0.05, 0) is 53.1 Å². The zero-order chi connectivity index (χ0) is 34.7. The molecule has 4 N–H and O–H groups in total. The van der Waals surface area contributed by atoms with Gasteiger partial charge in [0.15, 0.2) is 12.3 Å². The largest absolute Gasteiger partial charge is 0.497 e. The molecule has 7 rings (SSSR count). The average molecular weight is 678 g/mol. The molecule has 0 aromatic heterocycles. The lowest BCUT2D eigenvalue weighted by molar-refractivity contribution is -0.131. The van der Waals surface area contributed by atoms with Gasteiger partial charge in [0, 0.05) is 12.0 Å². The lowest BCUT2D eigenvalue weighted by Gasteiger charge is -2.39. The van der Waals surface area contributed by atoms with E-state index in [1.54, 1.807) is 49.7 Å². The molecule has 0 radical (unpaired) electrons. The Labute approximate surface area is 290 Å². The number of carbonyl (C=O) groups is 2. The minimum Gasteiger partial charge on any atom is -0.497 e. The molecule has 0 aliphatic carbocycles. The number of hydrogen-bond donors (Lipinski definition) is 4. The van der Waals surface area contributed by atoms with Crippen LogP contribution in [0.1, 0.15) is 33.5 Å². The van der Waals surface area contributed by atoms with E-state index in [0.29, 0.717) is 17.1 Å². The van der Waals surface area contributed by atoms with Gasteiger partial charge in [-0.15, -0.1) is 0 Å². The maximum absolute atomic E-state index is 13.0. The van der Waals surface area contributed by atoms with E-state index in [-0.39, 0.29) is 24.8 Å². The van der Waals surface area contributed by atoms with Crippen LogP contribution in [-0.2, 0) is 19.9 Å². The summed E-state index contributed by atoms with van der Waals surface area (Å²) in [5, 5.41) is 20.2. The van der Waals surface area contributed by atoms with Crippen molar-refractivity contribution < 1.29 is 33.6 Å². The van der Waals surface area contributed by atoms with Gasteiger partial charge in [-0.25, -0.2) is 0 Å². The van der Waals surface area contributed by atoms with E-state index in [1.165, 1.54) is 0 Å². The van der Waals surface area contributed by atoms with Crippen molar-refractivity contribution in [1.29, 1.82) is 0 Å². The molecule has 0 saturated carbocycles. The van der Waals surface area contributed by atoms with Crippen LogP contribution in [-0.4, -0.2) is 85.9 Å². The Morgan fingerprint density at radius 2 is 1.48 bits per heavy atom. The molecule has 3 unspecified atom stereocenters. The number of benzene rings is 4. The number of nitrogens with zero attached hydrogens (tertiary/aromatic N) is 2. The predicted octanol–water partition coefficient (Wildman–Crippen LogP) is 2.96. The fourth-order valence-electron chi connectivity index (χ4n) is 6.76. The molecule has 6 atom stereocenters. The first kappa shape index (κ1) is 33.2. The Hall–Kier alpha value is -5.27. The summed E-state index contributed by atoms with van der Waals surface area (Å²) in [5.74, 6) is 0.740. The molecule has 4 aromatic rings. The van der Waals surface area contributed by atoms with Gasteiger partial charge in [-0.2, -0.15) is 0 Å². The predicted molar refractivity (Wildman–Crippen MR) is 184 cm³/mol. The number of hydrogen-bond acceptors (Lipinski definition) is 10. The Balaban J connectivity index is 1.12. The first-order valence-corrected chi connectivity index (χ1v) is 16.4. The normalized spacial score (nSPS) is 24.4. The lowest BCUT2D eigenvalue weighted by atomic mass is 9.80. The summed E-state index contributed by atoms with van der Waals surface area (Å²) in [6.45, 7) is 0.0351. The van der Waals surface area contributed by atoms with Crippen LogP contribution < -0.4 is 25.4 Å². The molecule has 2 saturated heterocycles. The van der Waals surface area contributed by atoms with Crippen LogP contribution in [0.4, 0.5) is 0 Å². The highest BCUT2D eigenvalue weighted by Crippen LogP contribution is 2.42. The van der Waals surface area contributed by atoms with Crippen molar-refractivity contribution in [2.45, 2.75) is 49.0 Å². The Kier molecular flexibility index (Phi) is 9.50. The molecule has 50 heavy (non-hydrogen) atoms. The molecule has 3 aliphatic heterocycles. The molecule has 2 fully saturated rings. The molecule has 2 amide bonds. The van der Waals surface area contributed by atoms with E-state index >= 15 is 0 Å². The minimum atomic E-state index is -1.09. The van der Waals surface area contributed by atoms with Gasteiger partial charge in [-0.3, -0.25) is 19.9 Å². The second-order valence-electron chi connectivity index (χ2n) is 12.3. The number of nitrogens with one attached hydrogen (secondary N) is 3. The number of rotatable bonds is 11. The quantitative estimate of drug-likeness (QED) is 0.176. The van der Waals surface area contributed by atoms with Crippen molar-refractivity contribution in [1.82, 2.24) is 20.9 Å². The van der Waals surface area contributed by atoms with Gasteiger partial charge in [0.25, 0.3) is 11.8 Å². The number of aliphatic hydroxyl groups is 1. The molecule has 3 heterocycles. The summed E-state index contributed by atoms with van der Waals surface area (Å²) in [4.78, 5) is 32.1. The average Bonchev–Trinajstić information content (AvgIpc) is 3.76. The molecule has 0 bridgehead atoms. The lowest BCUT2D eigenvalue weighted by Crippen LogP contribution is -2.71. The monoisotopic (exact) mass is 677 g/mol. The van der Waals surface area contributed by atoms with Crippen LogP contribution in [0.3, 0.4) is 0 Å². The van der Waals surface area contributed by atoms with Crippen molar-refractivity contribution >= 4 is 18.2 Å². The fraction of sp³-hybridized carbons (Fsp3) is 0.289. The van der Waals surface area contributed by atoms with Gasteiger partial charge < -0.3 is 39.6 Å². The number of methoxy groups -OCH3 is 2. The van der Waals surface area contributed by atoms with Crippen molar-refractivity contribution in [3.8, 4) is 11.5 Å². The van der Waals surface area contributed by atoms with Gasteiger partial charge in [-0.1, -0.05) is 72.8 Å². The van der Waals surface area contributed by atoms with Crippen LogP contribution in [0, 0.1) is 0 Å². The first-order valence-electron chi connectivity index (χ1n) is 16.4. The van der Waals surface area contributed by atoms with E-state index in [1.807, 2.05) is 84.9 Å². The number of aliphatic hydroxyl groups excluding tert-OH is 1. The molecule has 0 spiro atoms. The summed E-state index contributed by atoms with van der Waals surface area (Å²) >= 11 is 0. The highest BCUT2D eigenvalue weighted by molar-refractivity contribution is 5.95. The Bertz CT molecular complexity index is 1760. The minimum absolute atomic E-state index is 0.0351. The molecule has 3 aliphatic rings. The SMILES string of the molecule is COc1ccc(C(OC[C@H]2O[C@@H](N3C=NC4C(=O)NC(NC(=O)c5ccccc5)NC43)C[C@@H]2O)(c2ccccc2)c2ccc(OC)cc2)cc1. The maximum Gasteiger partial charge on any atom is 0.253 e. The number of fused-ring (bicyclic) bond motifs is 1. The van der Waals surface area contributed by atoms with Gasteiger partial charge in [0.1, 0.15) is 35.6 Å². The summed E-state index contributed by atoms with van der Waals surface area (Å²) in [7, 11) is 3.25. The topological polar surface area (TPSA) is 143 Å². The van der Waals surface area contributed by atoms with Gasteiger partial charge in [0.05, 0.1) is 33.3 Å². The third-order valence-corrected chi connectivity index (χ3v) is 9.36. The molecule has 4 aromatic carbocycles. The first-order chi connectivity index (χ1) is 24.4. The maximum atomic E-state index is 13.0. The number of aliphatic imine (C=N–C) groups is 1. The third-order valence-electron chi connectivity index (χ3n) is 9.36. The molecule has 12 heteroatoms. The molecule has 12 nitrogen and oxygen atoms in total. The van der Waals surface area contributed by atoms with Crippen molar-refractivity contribution in [3.63, 3.8) is 0 Å². The van der Waals surface area contributed by atoms with Gasteiger partial charge >= 0.3 is 0 Å². The summed E-state index contributed by atoms with van der Waals surface area (Å²) < 4.78 is 24.4. The number of amides is 2. The van der Waals surface area contributed by atoms with Crippen LogP contribution in [0.25, 0.3) is 0 Å². The third kappa shape index (κ3) is 6.41. The molecular weight excluding hydrogens is 638 g/mol. The van der Waals surface area contributed by atoms with E-state index in [4.69, 9.17) is 18.9 Å². The van der Waals surface area contributed by atoms with Gasteiger partial charge in [0.2, 0.25) is 0 Å². The van der Waals surface area contributed by atoms with Crippen LogP contribution in [0.15, 0.2) is 114 Å². The standard InChI is InChI=1S/C38H39N5O7/c1-47-28-17-13-26(14-18-28)38(25-11-7-4-8-12-25,27-15-19-29(48-2)20-16-27)49-22-31-30(44)21-32(50-31)43-23-39-33-34(43)40-37(42-36(33)46)41-35(45)24-9-5-3-6-10-24/h3-20,23,30-34,37,40,44H,21-22H2,1-2H3,(H,41,45)(H,42,46)/t30-,31+,32+,33?,34?,37?/m0/s1. The van der Waals surface area contributed by atoms with Crippen molar-refractivity contribution in [2.75, 3.05) is 20.8 Å². The van der Waals surface area contributed by atoms with Crippen LogP contribution in [0.5, 0.6) is 11.5 Å². The summed E-state index contributed by atoms with van der Waals surface area (Å²) in [6.07, 6.45) is -1.84. The van der Waals surface area contributed by atoms with E-state index in [2.05, 4.69) is 20.9 Å². The smallest absolute Gasteiger partial charge is 0.253 e. The fourth-order valence-corrected chi connectivity index (χ4v) is 6.76. The van der Waals surface area contributed by atoms with Crippen LogP contribution in [0.2, 0.25) is 0 Å². The van der Waals surface area contributed by atoms with Crippen molar-refractivity contribution in [2.24, 2.45) is 4.99 Å². The Morgan fingerprint density at radius 3 is 2.08 bits per heavy atom. The highest BCUT2D eigenvalue weighted by atomic mass is 16.6. The summed E-state index contributed by atoms with van der Waals surface area (Å²) in [5.41, 5.74) is 1.97. The van der Waals surface area contributed by atoms with E-state index < -0.39 is 42.5 Å². The number of ether oxygens (including phenoxy) is 4. The second-order valence-corrected chi connectivity index (χ2v) is 12.3. The molecular formula is C38H39N5O7. The highest BCUT2D eigenvalue weighted by Gasteiger charge is 2.49. The zero-order valence-electron chi connectivity index (χ0n) is 27.6. The van der Waals surface area contributed by atoms with Crippen LogP contribution >= 0.6 is 0 Å². The Morgan fingerprint density at radius 1 is 0.900 bits per heavy atom.